The van der Waals surface area contributed by atoms with Crippen molar-refractivity contribution in [1.29, 1.82) is 0 Å². The van der Waals surface area contributed by atoms with E-state index in [0.29, 0.717) is 42.2 Å². The summed E-state index contributed by atoms with van der Waals surface area (Å²) >= 11 is 1.39. The van der Waals surface area contributed by atoms with Crippen molar-refractivity contribution < 1.29 is 14.4 Å². The van der Waals surface area contributed by atoms with Crippen molar-refractivity contribution in [2.24, 2.45) is 11.7 Å². The summed E-state index contributed by atoms with van der Waals surface area (Å²) in [6.07, 6.45) is 0.799. The molecule has 4 N–H and O–H groups in total. The number of urea groups is 1. The minimum absolute atomic E-state index is 0.161. The Morgan fingerprint density at radius 1 is 1.13 bits per heavy atom. The fourth-order valence-electron chi connectivity index (χ4n) is 2.64. The zero-order valence-electron chi connectivity index (χ0n) is 17.3. The number of hydrogen-bond donors (Lipinski definition) is 3. The van der Waals surface area contributed by atoms with Crippen molar-refractivity contribution in [3.05, 3.63) is 41.7 Å². The molecule has 0 atom stereocenters. The minimum atomic E-state index is -0.523. The van der Waals surface area contributed by atoms with Gasteiger partial charge in [0.25, 0.3) is 0 Å². The number of rotatable bonds is 11. The van der Waals surface area contributed by atoms with E-state index in [4.69, 9.17) is 5.73 Å². The van der Waals surface area contributed by atoms with E-state index in [2.05, 4.69) is 34.7 Å². The van der Waals surface area contributed by atoms with Crippen molar-refractivity contribution in [3.63, 3.8) is 0 Å². The topological polar surface area (TPSA) is 132 Å². The molecule has 0 fully saturated rings. The average Bonchev–Trinajstić information content (AvgIpc) is 3.06. The molecular formula is C20H28N6O3S. The standard InChI is InChI=1S/C20H28N6O3S/c1-14(2)13-26-17(9-8-16(21)27)24-25-20(26)30-11-10-18(28)23-19(29)22-12-15-6-4-3-5-7-15/h3-7,14H,8-13H2,1-2H3,(H2,21,27)(H2,22,23,28,29). The summed E-state index contributed by atoms with van der Waals surface area (Å²) in [5.41, 5.74) is 6.18. The van der Waals surface area contributed by atoms with Crippen molar-refractivity contribution in [2.45, 2.75) is 51.4 Å². The van der Waals surface area contributed by atoms with E-state index in [1.54, 1.807) is 0 Å². The zero-order valence-corrected chi connectivity index (χ0v) is 18.1. The van der Waals surface area contributed by atoms with Gasteiger partial charge in [-0.2, -0.15) is 0 Å². The minimum Gasteiger partial charge on any atom is -0.370 e. The molecule has 1 heterocycles. The molecule has 0 saturated heterocycles. The van der Waals surface area contributed by atoms with Gasteiger partial charge in [-0.3, -0.25) is 14.9 Å². The van der Waals surface area contributed by atoms with E-state index in [9.17, 15) is 14.4 Å². The highest BCUT2D eigenvalue weighted by Crippen LogP contribution is 2.20. The SMILES string of the molecule is CC(C)Cn1c(CCC(N)=O)nnc1SCCC(=O)NC(=O)NCc1ccccc1. The number of carbonyl (C=O) groups is 3. The number of nitrogens with one attached hydrogen (secondary N) is 2. The van der Waals surface area contributed by atoms with Crippen molar-refractivity contribution in [1.82, 2.24) is 25.4 Å². The lowest BCUT2D eigenvalue weighted by Crippen LogP contribution is -2.39. The summed E-state index contributed by atoms with van der Waals surface area (Å²) in [6, 6.07) is 8.93. The average molecular weight is 433 g/mol. The van der Waals surface area contributed by atoms with E-state index in [1.165, 1.54) is 11.8 Å². The number of amides is 4. The van der Waals surface area contributed by atoms with Gasteiger partial charge in [-0.1, -0.05) is 55.9 Å². The highest BCUT2D eigenvalue weighted by Gasteiger charge is 2.15. The van der Waals surface area contributed by atoms with Crippen LogP contribution in [0.2, 0.25) is 0 Å². The van der Waals surface area contributed by atoms with Gasteiger partial charge in [-0.25, -0.2) is 4.79 Å². The Bertz CT molecular complexity index is 853. The highest BCUT2D eigenvalue weighted by molar-refractivity contribution is 7.99. The Morgan fingerprint density at radius 2 is 1.87 bits per heavy atom. The number of benzene rings is 1. The summed E-state index contributed by atoms with van der Waals surface area (Å²) in [4.78, 5) is 34.9. The van der Waals surface area contributed by atoms with Crippen molar-refractivity contribution in [3.8, 4) is 0 Å². The van der Waals surface area contributed by atoms with Gasteiger partial charge in [-0.05, 0) is 11.5 Å². The van der Waals surface area contributed by atoms with Gasteiger partial charge in [-0.15, -0.1) is 10.2 Å². The third kappa shape index (κ3) is 8.24. The van der Waals surface area contributed by atoms with Gasteiger partial charge in [0.2, 0.25) is 11.8 Å². The summed E-state index contributed by atoms with van der Waals surface area (Å²) in [6.45, 7) is 5.21. The number of hydrogen-bond acceptors (Lipinski definition) is 6. The maximum atomic E-state index is 12.0. The fraction of sp³-hybridized carbons (Fsp3) is 0.450. The van der Waals surface area contributed by atoms with E-state index in [-0.39, 0.29) is 24.7 Å². The largest absolute Gasteiger partial charge is 0.370 e. The maximum Gasteiger partial charge on any atom is 0.321 e. The van der Waals surface area contributed by atoms with Crippen LogP contribution in [0.3, 0.4) is 0 Å². The van der Waals surface area contributed by atoms with Crippen LogP contribution in [0.15, 0.2) is 35.5 Å². The number of aromatic nitrogens is 3. The van der Waals surface area contributed by atoms with E-state index < -0.39 is 6.03 Å². The van der Waals surface area contributed by atoms with Crippen LogP contribution < -0.4 is 16.4 Å². The van der Waals surface area contributed by atoms with Gasteiger partial charge < -0.3 is 15.6 Å². The number of imide groups is 1. The molecule has 0 aliphatic heterocycles. The lowest BCUT2D eigenvalue weighted by atomic mass is 10.2. The lowest BCUT2D eigenvalue weighted by Gasteiger charge is -2.12. The number of carbonyl (C=O) groups excluding carboxylic acids is 3. The molecule has 30 heavy (non-hydrogen) atoms. The molecule has 0 radical (unpaired) electrons. The summed E-state index contributed by atoms with van der Waals surface area (Å²) in [5, 5.41) is 14.0. The van der Waals surface area contributed by atoms with Gasteiger partial charge >= 0.3 is 6.03 Å². The van der Waals surface area contributed by atoms with Gasteiger partial charge in [0.05, 0.1) is 0 Å². The first kappa shape index (κ1) is 23.4. The first-order chi connectivity index (χ1) is 14.3. The summed E-state index contributed by atoms with van der Waals surface area (Å²) < 4.78 is 1.96. The molecule has 2 aromatic rings. The van der Waals surface area contributed by atoms with Crippen molar-refractivity contribution >= 4 is 29.6 Å². The molecular weight excluding hydrogens is 404 g/mol. The molecule has 9 nitrogen and oxygen atoms in total. The Labute approximate surface area is 180 Å². The zero-order chi connectivity index (χ0) is 21.9. The molecule has 4 amide bonds. The molecule has 1 aromatic carbocycles. The molecule has 0 aliphatic rings. The van der Waals surface area contributed by atoms with E-state index >= 15 is 0 Å². The van der Waals surface area contributed by atoms with Gasteiger partial charge in [0.15, 0.2) is 5.16 Å². The number of thioether (sulfide) groups is 1. The first-order valence-electron chi connectivity index (χ1n) is 9.80. The van der Waals surface area contributed by atoms with E-state index in [1.807, 2.05) is 34.9 Å². The molecule has 0 bridgehead atoms. The van der Waals surface area contributed by atoms with Gasteiger partial charge in [0, 0.05) is 38.1 Å². The molecule has 0 saturated carbocycles. The predicted molar refractivity (Wildman–Crippen MR) is 115 cm³/mol. The van der Waals surface area contributed by atoms with Crippen LogP contribution in [0.5, 0.6) is 0 Å². The van der Waals surface area contributed by atoms with Crippen LogP contribution >= 0.6 is 11.8 Å². The molecule has 0 aliphatic carbocycles. The number of nitrogens with zero attached hydrogens (tertiary/aromatic N) is 3. The maximum absolute atomic E-state index is 12.0. The summed E-state index contributed by atoms with van der Waals surface area (Å²) in [5.74, 6) is 0.769. The normalized spacial score (nSPS) is 10.8. The second-order valence-corrected chi connectivity index (χ2v) is 8.25. The quantitative estimate of drug-likeness (QED) is 0.464. The molecule has 1 aromatic heterocycles. The second-order valence-electron chi connectivity index (χ2n) is 7.18. The third-order valence-corrected chi connectivity index (χ3v) is 5.01. The third-order valence-electron chi connectivity index (χ3n) is 4.05. The van der Waals surface area contributed by atoms with Crippen LogP contribution in [0.4, 0.5) is 4.79 Å². The van der Waals surface area contributed by atoms with Crippen LogP contribution in [0.1, 0.15) is 38.1 Å². The van der Waals surface area contributed by atoms with Crippen LogP contribution in [0, 0.1) is 5.92 Å². The second kappa shape index (κ2) is 12.0. The smallest absolute Gasteiger partial charge is 0.321 e. The Kier molecular flexibility index (Phi) is 9.33. The van der Waals surface area contributed by atoms with Crippen LogP contribution in [-0.4, -0.2) is 38.4 Å². The summed E-state index contributed by atoms with van der Waals surface area (Å²) in [7, 11) is 0. The molecule has 0 spiro atoms. The molecule has 0 unspecified atom stereocenters. The van der Waals surface area contributed by atoms with Gasteiger partial charge in [0.1, 0.15) is 5.82 Å². The number of aryl methyl sites for hydroxylation is 1. The number of nitrogens with two attached hydrogens (primary N) is 1. The fourth-order valence-corrected chi connectivity index (χ4v) is 3.55. The Morgan fingerprint density at radius 3 is 2.53 bits per heavy atom. The lowest BCUT2D eigenvalue weighted by molar-refractivity contribution is -0.120. The van der Waals surface area contributed by atoms with Crippen molar-refractivity contribution in [2.75, 3.05) is 5.75 Å². The predicted octanol–water partition coefficient (Wildman–Crippen LogP) is 1.86. The Hall–Kier alpha value is -2.88. The molecule has 10 heteroatoms. The molecule has 2 rings (SSSR count). The van der Waals surface area contributed by atoms with Crippen LogP contribution in [-0.2, 0) is 29.1 Å². The highest BCUT2D eigenvalue weighted by atomic mass is 32.2. The van der Waals surface area contributed by atoms with Crippen LogP contribution in [0.25, 0.3) is 0 Å². The Balaban J connectivity index is 1.79. The monoisotopic (exact) mass is 432 g/mol. The molecule has 162 valence electrons. The number of primary amides is 1. The first-order valence-corrected chi connectivity index (χ1v) is 10.8. The van der Waals surface area contributed by atoms with E-state index in [0.717, 1.165) is 5.56 Å².